The third-order valence-corrected chi connectivity index (χ3v) is 4.33. The van der Waals surface area contributed by atoms with Crippen LogP contribution in [0.3, 0.4) is 0 Å². The van der Waals surface area contributed by atoms with E-state index in [9.17, 15) is 4.79 Å². The third-order valence-electron chi connectivity index (χ3n) is 4.33. The maximum Gasteiger partial charge on any atom is 0.223 e. The summed E-state index contributed by atoms with van der Waals surface area (Å²) in [4.78, 5) is 14.6. The van der Waals surface area contributed by atoms with Crippen LogP contribution in [-0.2, 0) is 9.53 Å². The minimum absolute atomic E-state index is 0.162. The highest BCUT2D eigenvalue weighted by Gasteiger charge is 2.24. The molecular weight excluding hydrogens is 252 g/mol. The van der Waals surface area contributed by atoms with Crippen LogP contribution in [0.25, 0.3) is 0 Å². The molecule has 1 saturated heterocycles. The van der Waals surface area contributed by atoms with Crippen LogP contribution in [0, 0.1) is 11.8 Å². The number of carbonyl (C=O) groups excluding carboxylic acids is 1. The molecule has 0 aromatic heterocycles. The molecule has 1 amide bonds. The summed E-state index contributed by atoms with van der Waals surface area (Å²) in [5.74, 6) is 1.18. The van der Waals surface area contributed by atoms with Crippen molar-refractivity contribution in [1.82, 2.24) is 10.2 Å². The molecule has 116 valence electrons. The van der Waals surface area contributed by atoms with Gasteiger partial charge in [0.1, 0.15) is 0 Å². The van der Waals surface area contributed by atoms with E-state index in [-0.39, 0.29) is 17.9 Å². The zero-order chi connectivity index (χ0) is 14.4. The third kappa shape index (κ3) is 5.06. The van der Waals surface area contributed by atoms with Crippen molar-refractivity contribution in [2.24, 2.45) is 11.8 Å². The molecule has 4 nitrogen and oxygen atoms in total. The maximum absolute atomic E-state index is 12.1. The number of rotatable bonds is 5. The van der Waals surface area contributed by atoms with Crippen LogP contribution in [0.15, 0.2) is 0 Å². The molecule has 4 heteroatoms. The molecule has 1 aliphatic carbocycles. The summed E-state index contributed by atoms with van der Waals surface area (Å²) in [6.45, 7) is 9.04. The molecule has 2 fully saturated rings. The zero-order valence-electron chi connectivity index (χ0n) is 13.1. The Bertz CT molecular complexity index is 301. The van der Waals surface area contributed by atoms with E-state index in [1.165, 1.54) is 19.3 Å². The van der Waals surface area contributed by atoms with Crippen molar-refractivity contribution < 1.29 is 9.53 Å². The largest absolute Gasteiger partial charge is 0.374 e. The number of nitrogens with one attached hydrogen (secondary N) is 1. The molecule has 1 saturated carbocycles. The monoisotopic (exact) mass is 282 g/mol. The van der Waals surface area contributed by atoms with Gasteiger partial charge >= 0.3 is 0 Å². The molecular formula is C16H30N2O2. The highest BCUT2D eigenvalue weighted by Crippen LogP contribution is 2.23. The first-order valence-corrected chi connectivity index (χ1v) is 8.27. The zero-order valence-corrected chi connectivity index (χ0v) is 13.1. The predicted molar refractivity (Wildman–Crippen MR) is 80.6 cm³/mol. The molecule has 2 rings (SSSR count). The Morgan fingerprint density at radius 3 is 2.75 bits per heavy atom. The van der Waals surface area contributed by atoms with Gasteiger partial charge in [0.2, 0.25) is 5.91 Å². The Morgan fingerprint density at radius 2 is 2.05 bits per heavy atom. The molecule has 0 spiro atoms. The summed E-state index contributed by atoms with van der Waals surface area (Å²) in [6.07, 6.45) is 6.00. The average molecular weight is 282 g/mol. The van der Waals surface area contributed by atoms with Crippen molar-refractivity contribution in [2.45, 2.75) is 52.1 Å². The number of carbonyl (C=O) groups is 1. The van der Waals surface area contributed by atoms with Crippen molar-refractivity contribution in [3.05, 3.63) is 0 Å². The van der Waals surface area contributed by atoms with Crippen LogP contribution in [0.5, 0.6) is 0 Å². The Hall–Kier alpha value is -0.610. The van der Waals surface area contributed by atoms with Gasteiger partial charge in [0, 0.05) is 32.1 Å². The van der Waals surface area contributed by atoms with E-state index in [0.717, 1.165) is 39.1 Å². The van der Waals surface area contributed by atoms with E-state index in [1.807, 2.05) is 0 Å². The maximum atomic E-state index is 12.1. The molecule has 1 aliphatic heterocycles. The van der Waals surface area contributed by atoms with Crippen LogP contribution in [0.1, 0.15) is 46.0 Å². The number of nitrogens with zero attached hydrogens (tertiary/aromatic N) is 1. The molecule has 1 unspecified atom stereocenters. The molecule has 20 heavy (non-hydrogen) atoms. The van der Waals surface area contributed by atoms with Gasteiger partial charge in [0.25, 0.3) is 0 Å². The van der Waals surface area contributed by atoms with Gasteiger partial charge in [0.05, 0.1) is 12.7 Å². The standard InChI is InChI=1S/C16H30N2O2/c1-13(2)11-18-8-9-20-15(12-18)10-17-16(19)14-6-4-3-5-7-14/h13-15H,3-12H2,1-2H3,(H,17,19). The van der Waals surface area contributed by atoms with Crippen molar-refractivity contribution in [3.63, 3.8) is 0 Å². The number of hydrogen-bond acceptors (Lipinski definition) is 3. The number of ether oxygens (including phenoxy) is 1. The number of amides is 1. The van der Waals surface area contributed by atoms with E-state index in [0.29, 0.717) is 12.5 Å². The van der Waals surface area contributed by atoms with Crippen LogP contribution in [-0.4, -0.2) is 49.7 Å². The minimum atomic E-state index is 0.162. The number of morpholine rings is 1. The average Bonchev–Trinajstić information content (AvgIpc) is 2.45. The lowest BCUT2D eigenvalue weighted by molar-refractivity contribution is -0.127. The van der Waals surface area contributed by atoms with Crippen LogP contribution in [0.4, 0.5) is 0 Å². The first kappa shape index (κ1) is 15.8. The van der Waals surface area contributed by atoms with Crippen LogP contribution >= 0.6 is 0 Å². The Kier molecular flexibility index (Phi) is 6.30. The van der Waals surface area contributed by atoms with Gasteiger partial charge in [-0.15, -0.1) is 0 Å². The Balaban J connectivity index is 1.68. The molecule has 1 atom stereocenters. The van der Waals surface area contributed by atoms with Gasteiger partial charge in [-0.25, -0.2) is 0 Å². The lowest BCUT2D eigenvalue weighted by Crippen LogP contribution is -2.49. The smallest absolute Gasteiger partial charge is 0.223 e. The normalized spacial score (nSPS) is 25.9. The van der Waals surface area contributed by atoms with E-state index < -0.39 is 0 Å². The Labute approximate surface area is 123 Å². The second-order valence-corrected chi connectivity index (χ2v) is 6.73. The summed E-state index contributed by atoms with van der Waals surface area (Å²) in [5, 5.41) is 3.11. The SMILES string of the molecule is CC(C)CN1CCOC(CNC(=O)C2CCCCC2)C1. The van der Waals surface area contributed by atoms with Gasteiger partial charge in [-0.1, -0.05) is 33.1 Å². The summed E-state index contributed by atoms with van der Waals surface area (Å²) < 4.78 is 5.77. The summed E-state index contributed by atoms with van der Waals surface area (Å²) in [5.41, 5.74) is 0. The summed E-state index contributed by atoms with van der Waals surface area (Å²) in [7, 11) is 0. The van der Waals surface area contributed by atoms with Crippen LogP contribution < -0.4 is 5.32 Å². The molecule has 0 radical (unpaired) electrons. The first-order valence-electron chi connectivity index (χ1n) is 8.27. The van der Waals surface area contributed by atoms with E-state index in [2.05, 4.69) is 24.1 Å². The van der Waals surface area contributed by atoms with Gasteiger partial charge in [-0.3, -0.25) is 9.69 Å². The molecule has 1 N–H and O–H groups in total. The van der Waals surface area contributed by atoms with Gasteiger partial charge < -0.3 is 10.1 Å². The lowest BCUT2D eigenvalue weighted by atomic mass is 9.88. The molecule has 0 bridgehead atoms. The number of hydrogen-bond donors (Lipinski definition) is 1. The highest BCUT2D eigenvalue weighted by atomic mass is 16.5. The summed E-state index contributed by atoms with van der Waals surface area (Å²) >= 11 is 0. The summed E-state index contributed by atoms with van der Waals surface area (Å²) in [6, 6.07) is 0. The van der Waals surface area contributed by atoms with Crippen molar-refractivity contribution >= 4 is 5.91 Å². The fourth-order valence-corrected chi connectivity index (χ4v) is 3.31. The van der Waals surface area contributed by atoms with Crippen molar-refractivity contribution in [1.29, 1.82) is 0 Å². The highest BCUT2D eigenvalue weighted by molar-refractivity contribution is 5.78. The predicted octanol–water partition coefficient (Wildman–Crippen LogP) is 2.04. The van der Waals surface area contributed by atoms with E-state index in [4.69, 9.17) is 4.74 Å². The molecule has 0 aromatic rings. The quantitative estimate of drug-likeness (QED) is 0.839. The molecule has 0 aromatic carbocycles. The minimum Gasteiger partial charge on any atom is -0.374 e. The lowest BCUT2D eigenvalue weighted by Gasteiger charge is -2.34. The second kappa shape index (κ2) is 7.99. The molecule has 1 heterocycles. The van der Waals surface area contributed by atoms with Gasteiger partial charge in [-0.05, 0) is 18.8 Å². The topological polar surface area (TPSA) is 41.6 Å². The fourth-order valence-electron chi connectivity index (χ4n) is 3.31. The van der Waals surface area contributed by atoms with E-state index >= 15 is 0 Å². The Morgan fingerprint density at radius 1 is 1.30 bits per heavy atom. The van der Waals surface area contributed by atoms with Gasteiger partial charge in [0.15, 0.2) is 0 Å². The first-order chi connectivity index (χ1) is 9.65. The van der Waals surface area contributed by atoms with Crippen LogP contribution in [0.2, 0.25) is 0 Å². The fraction of sp³-hybridized carbons (Fsp3) is 0.938. The second-order valence-electron chi connectivity index (χ2n) is 6.73. The molecule has 2 aliphatic rings. The van der Waals surface area contributed by atoms with E-state index in [1.54, 1.807) is 0 Å². The van der Waals surface area contributed by atoms with Gasteiger partial charge in [-0.2, -0.15) is 0 Å². The van der Waals surface area contributed by atoms with Crippen molar-refractivity contribution in [2.75, 3.05) is 32.8 Å². The van der Waals surface area contributed by atoms with Crippen molar-refractivity contribution in [3.8, 4) is 0 Å².